The third-order valence-corrected chi connectivity index (χ3v) is 2.92. The van der Waals surface area contributed by atoms with E-state index in [1.807, 2.05) is 0 Å². The third-order valence-electron chi connectivity index (χ3n) is 2.92. The molecule has 25 heavy (non-hydrogen) atoms. The Morgan fingerprint density at radius 3 is 2.72 bits per heavy atom. The predicted molar refractivity (Wildman–Crippen MR) is 78.8 cm³/mol. The average Bonchev–Trinajstić information content (AvgIpc) is 2.99. The molecule has 2 rings (SSSR count). The van der Waals surface area contributed by atoms with Crippen LogP contribution in [0.1, 0.15) is 26.0 Å². The van der Waals surface area contributed by atoms with Gasteiger partial charge in [-0.25, -0.2) is 15.5 Å². The Morgan fingerprint density at radius 2 is 2.12 bits per heavy atom. The number of aryl methyl sites for hydroxylation is 1. The van der Waals surface area contributed by atoms with Crippen LogP contribution >= 0.6 is 0 Å². The number of hydrogen-bond acceptors (Lipinski definition) is 6. The molecule has 8 nitrogen and oxygen atoms in total. The lowest BCUT2D eigenvalue weighted by Gasteiger charge is -2.13. The van der Waals surface area contributed by atoms with Crippen LogP contribution in [0, 0.1) is 5.53 Å². The van der Waals surface area contributed by atoms with Crippen molar-refractivity contribution < 1.29 is 22.7 Å². The van der Waals surface area contributed by atoms with Crippen LogP contribution < -0.4 is 4.74 Å². The quantitative estimate of drug-likeness (QED) is 0.801. The molecular weight excluding hydrogens is 341 g/mol. The van der Waals surface area contributed by atoms with Crippen molar-refractivity contribution in [3.05, 3.63) is 24.2 Å². The Labute approximate surface area is 140 Å². The number of alkyl halides is 3. The summed E-state index contributed by atoms with van der Waals surface area (Å²) in [4.78, 5) is 18.4. The summed E-state index contributed by atoms with van der Waals surface area (Å²) in [6, 6.07) is 2.15. The molecule has 1 N–H and O–H groups in total. The number of halogens is 3. The molecule has 0 aromatic carbocycles. The number of nitrogens with one attached hydrogen (secondary N) is 1. The lowest BCUT2D eigenvalue weighted by molar-refractivity contribution is -0.141. The van der Waals surface area contributed by atoms with Gasteiger partial charge in [0.25, 0.3) is 5.91 Å². The van der Waals surface area contributed by atoms with Crippen molar-refractivity contribution in [1.82, 2.24) is 19.7 Å². The highest BCUT2D eigenvalue weighted by Crippen LogP contribution is 2.32. The van der Waals surface area contributed by atoms with Crippen LogP contribution in [0.3, 0.4) is 0 Å². The number of pyridine rings is 1. The second kappa shape index (κ2) is 7.36. The molecule has 0 spiro atoms. The van der Waals surface area contributed by atoms with Crippen molar-refractivity contribution in [2.24, 2.45) is 5.11 Å². The van der Waals surface area contributed by atoms with E-state index in [1.54, 1.807) is 13.8 Å². The van der Waals surface area contributed by atoms with Crippen LogP contribution in [0.25, 0.3) is 11.4 Å². The van der Waals surface area contributed by atoms with Crippen LogP contribution in [0.15, 0.2) is 23.6 Å². The van der Waals surface area contributed by atoms with Gasteiger partial charge in [-0.3, -0.25) is 9.48 Å². The number of nitrogens with zero attached hydrogens (tertiary/aromatic N) is 5. The summed E-state index contributed by atoms with van der Waals surface area (Å²) in [5.74, 6) is -0.774. The smallest absolute Gasteiger partial charge is 0.433 e. The molecule has 0 fully saturated rings. The van der Waals surface area contributed by atoms with E-state index < -0.39 is 17.8 Å². The zero-order chi connectivity index (χ0) is 18.6. The van der Waals surface area contributed by atoms with E-state index in [4.69, 9.17) is 10.3 Å². The second-order valence-electron chi connectivity index (χ2n) is 5.33. The van der Waals surface area contributed by atoms with Gasteiger partial charge in [-0.1, -0.05) is 0 Å². The molecule has 0 radical (unpaired) electrons. The van der Waals surface area contributed by atoms with Crippen molar-refractivity contribution in [3.63, 3.8) is 0 Å². The number of hydrogen-bond donors (Lipinski definition) is 1. The summed E-state index contributed by atoms with van der Waals surface area (Å²) < 4.78 is 45.6. The van der Waals surface area contributed by atoms with Crippen LogP contribution in [-0.4, -0.2) is 31.8 Å². The Bertz CT molecular complexity index is 772. The van der Waals surface area contributed by atoms with Crippen LogP contribution in [-0.2, 0) is 17.5 Å². The van der Waals surface area contributed by atoms with E-state index in [0.29, 0.717) is 0 Å². The molecule has 2 aromatic rings. The van der Waals surface area contributed by atoms with Gasteiger partial charge >= 0.3 is 6.18 Å². The molecule has 0 aliphatic carbocycles. The van der Waals surface area contributed by atoms with Crippen LogP contribution in [0.2, 0.25) is 0 Å². The normalized spacial score (nSPS) is 11.6. The van der Waals surface area contributed by atoms with E-state index in [0.717, 1.165) is 6.07 Å². The van der Waals surface area contributed by atoms with Gasteiger partial charge in [-0.2, -0.15) is 18.3 Å². The van der Waals surface area contributed by atoms with E-state index in [9.17, 15) is 18.0 Å². The van der Waals surface area contributed by atoms with E-state index in [2.05, 4.69) is 20.2 Å². The van der Waals surface area contributed by atoms with Gasteiger partial charge in [0.2, 0.25) is 5.88 Å². The van der Waals surface area contributed by atoms with E-state index >= 15 is 0 Å². The largest absolute Gasteiger partial charge is 0.475 e. The minimum atomic E-state index is -4.64. The van der Waals surface area contributed by atoms with Crippen LogP contribution in [0.4, 0.5) is 13.2 Å². The Kier molecular flexibility index (Phi) is 5.45. The number of carbonyl (C=O) groups is 1. The molecule has 0 atom stereocenters. The summed E-state index contributed by atoms with van der Waals surface area (Å²) in [6.45, 7) is 3.45. The third kappa shape index (κ3) is 5.06. The summed E-state index contributed by atoms with van der Waals surface area (Å²) >= 11 is 0. The summed E-state index contributed by atoms with van der Waals surface area (Å²) in [6.07, 6.45) is -3.77. The van der Waals surface area contributed by atoms with Crippen molar-refractivity contribution in [1.29, 1.82) is 5.53 Å². The molecular formula is C14H15F3N6O2. The molecule has 2 heterocycles. The first-order valence-corrected chi connectivity index (χ1v) is 7.25. The topological polar surface area (TPSA) is 106 Å². The molecule has 0 aliphatic heterocycles. The molecule has 134 valence electrons. The summed E-state index contributed by atoms with van der Waals surface area (Å²) in [7, 11) is 0. The standard InChI is InChI=1S/C14H15F3N6O2/c1-8(2)25-12-6-9(5-10(20-12)14(15,16)17)13-19-7-23(22-13)4-3-11(24)21-18/h5-8,18H,3-4H2,1-2H3. The van der Waals surface area contributed by atoms with Crippen molar-refractivity contribution in [2.75, 3.05) is 0 Å². The number of aromatic nitrogens is 4. The maximum atomic E-state index is 13.0. The minimum absolute atomic E-state index is 0.0387. The highest BCUT2D eigenvalue weighted by atomic mass is 19.4. The lowest BCUT2D eigenvalue weighted by Crippen LogP contribution is -2.12. The fraction of sp³-hybridized carbons (Fsp3) is 0.429. The molecule has 11 heteroatoms. The van der Waals surface area contributed by atoms with Crippen molar-refractivity contribution >= 4 is 5.91 Å². The molecule has 0 saturated heterocycles. The molecule has 0 saturated carbocycles. The van der Waals surface area contributed by atoms with Crippen LogP contribution in [0.5, 0.6) is 5.88 Å². The second-order valence-corrected chi connectivity index (χ2v) is 5.33. The molecule has 0 aliphatic rings. The van der Waals surface area contributed by atoms with Gasteiger partial charge in [0.05, 0.1) is 19.1 Å². The Morgan fingerprint density at radius 1 is 1.40 bits per heavy atom. The number of amides is 1. The number of ether oxygens (including phenoxy) is 1. The minimum Gasteiger partial charge on any atom is -0.475 e. The molecule has 0 unspecified atom stereocenters. The monoisotopic (exact) mass is 356 g/mol. The average molecular weight is 356 g/mol. The maximum Gasteiger partial charge on any atom is 0.433 e. The maximum absolute atomic E-state index is 13.0. The van der Waals surface area contributed by atoms with Gasteiger partial charge < -0.3 is 4.74 Å². The fourth-order valence-corrected chi connectivity index (χ4v) is 1.88. The first-order valence-electron chi connectivity index (χ1n) is 7.25. The lowest BCUT2D eigenvalue weighted by atomic mass is 10.2. The Hall–Kier alpha value is -2.85. The van der Waals surface area contributed by atoms with Crippen molar-refractivity contribution in [3.8, 4) is 17.3 Å². The number of carbonyl (C=O) groups excluding carboxylic acids is 1. The summed E-state index contributed by atoms with van der Waals surface area (Å²) in [5.41, 5.74) is 5.56. The van der Waals surface area contributed by atoms with Gasteiger partial charge in [0.15, 0.2) is 5.82 Å². The number of rotatable bonds is 6. The van der Waals surface area contributed by atoms with Gasteiger partial charge in [0, 0.05) is 11.6 Å². The zero-order valence-electron chi connectivity index (χ0n) is 13.4. The van der Waals surface area contributed by atoms with Crippen molar-refractivity contribution in [2.45, 2.75) is 39.1 Å². The van der Waals surface area contributed by atoms with Gasteiger partial charge in [0.1, 0.15) is 12.0 Å². The molecule has 2 aromatic heterocycles. The molecule has 0 bridgehead atoms. The SMILES string of the molecule is CC(C)Oc1cc(-c2ncn(CCC(=O)N=N)n2)cc(C(F)(F)F)n1. The predicted octanol–water partition coefficient (Wildman–Crippen LogP) is 3.09. The van der Waals surface area contributed by atoms with Gasteiger partial charge in [-0.15, -0.1) is 5.11 Å². The fourth-order valence-electron chi connectivity index (χ4n) is 1.88. The zero-order valence-corrected chi connectivity index (χ0v) is 13.4. The van der Waals surface area contributed by atoms with E-state index in [-0.39, 0.29) is 36.3 Å². The van der Waals surface area contributed by atoms with E-state index in [1.165, 1.54) is 17.1 Å². The summed E-state index contributed by atoms with van der Waals surface area (Å²) in [5, 5.41) is 6.78. The Balaban J connectivity index is 2.32. The highest BCUT2D eigenvalue weighted by molar-refractivity contribution is 5.75. The molecule has 1 amide bonds. The first-order chi connectivity index (χ1) is 11.7. The first kappa shape index (κ1) is 18.5. The van der Waals surface area contributed by atoms with Gasteiger partial charge in [-0.05, 0) is 19.9 Å². The highest BCUT2D eigenvalue weighted by Gasteiger charge is 2.34.